The van der Waals surface area contributed by atoms with Crippen molar-refractivity contribution >= 4 is 28.6 Å². The van der Waals surface area contributed by atoms with Gasteiger partial charge in [-0.15, -0.1) is 0 Å². The minimum atomic E-state index is -0.440. The lowest BCUT2D eigenvalue weighted by molar-refractivity contribution is 0.0466. The maximum Gasteiger partial charge on any atom is 0.338 e. The van der Waals surface area contributed by atoms with Gasteiger partial charge in [0.1, 0.15) is 29.4 Å². The van der Waals surface area contributed by atoms with Gasteiger partial charge in [0.25, 0.3) is 0 Å². The molecule has 0 saturated heterocycles. The molecule has 1 aliphatic rings. The molecule has 0 saturated carbocycles. The number of carbonyl (C=O) groups excluding carboxylic acids is 1. The monoisotopic (exact) mass is 477 g/mol. The van der Waals surface area contributed by atoms with Crippen LogP contribution in [0.15, 0.2) is 45.6 Å². The first-order valence-electron chi connectivity index (χ1n) is 11.9. The summed E-state index contributed by atoms with van der Waals surface area (Å²) in [6.45, 7) is 6.92. The number of hydrogen-bond acceptors (Lipinski definition) is 7. The summed E-state index contributed by atoms with van der Waals surface area (Å²) in [5.41, 5.74) is 3.07. The highest BCUT2D eigenvalue weighted by Crippen LogP contribution is 2.36. The number of hydrogen-bond donors (Lipinski definition) is 0. The van der Waals surface area contributed by atoms with Crippen molar-refractivity contribution in [3.8, 4) is 11.5 Å². The van der Waals surface area contributed by atoms with Crippen LogP contribution in [0.3, 0.4) is 0 Å². The molecule has 1 heterocycles. The fourth-order valence-electron chi connectivity index (χ4n) is 4.39. The smallest absolute Gasteiger partial charge is 0.338 e. The highest BCUT2D eigenvalue weighted by atomic mass is 16.5. The molecule has 7 nitrogen and oxygen atoms in total. The maximum absolute atomic E-state index is 13.3. The summed E-state index contributed by atoms with van der Waals surface area (Å²) in [6, 6.07) is 10.5. The highest BCUT2D eigenvalue weighted by molar-refractivity contribution is 5.95. The summed E-state index contributed by atoms with van der Waals surface area (Å²) < 4.78 is 22.4. The van der Waals surface area contributed by atoms with Crippen molar-refractivity contribution in [2.45, 2.75) is 26.7 Å². The van der Waals surface area contributed by atoms with Crippen LogP contribution in [0, 0.1) is 0 Å². The average Bonchev–Trinajstić information content (AvgIpc) is 3.29. The second kappa shape index (κ2) is 10.8. The highest BCUT2D eigenvalue weighted by Gasteiger charge is 2.25. The van der Waals surface area contributed by atoms with E-state index in [2.05, 4.69) is 18.7 Å². The van der Waals surface area contributed by atoms with Crippen LogP contribution in [0.5, 0.6) is 11.5 Å². The van der Waals surface area contributed by atoms with Crippen molar-refractivity contribution in [2.24, 2.45) is 0 Å². The number of fused-ring (bicyclic) bond motifs is 2. The fourth-order valence-corrected chi connectivity index (χ4v) is 4.39. The van der Waals surface area contributed by atoms with E-state index in [4.69, 9.17) is 18.6 Å². The molecule has 3 aromatic rings. The number of carbonyl (C=O) groups is 1. The first-order valence-corrected chi connectivity index (χ1v) is 11.9. The molecule has 0 unspecified atom stereocenters. The predicted molar refractivity (Wildman–Crippen MR) is 136 cm³/mol. The van der Waals surface area contributed by atoms with Crippen LogP contribution in [0.4, 0.5) is 0 Å². The number of methoxy groups -OCH3 is 2. The Kier molecular flexibility index (Phi) is 7.56. The van der Waals surface area contributed by atoms with Crippen LogP contribution in [-0.4, -0.2) is 51.3 Å². The third-order valence-electron chi connectivity index (χ3n) is 6.46. The number of nitrogens with zero attached hydrogens (tertiary/aromatic N) is 1. The largest absolute Gasteiger partial charge is 0.497 e. The van der Waals surface area contributed by atoms with Gasteiger partial charge in [-0.3, -0.25) is 4.79 Å². The number of ether oxygens (including phenoxy) is 3. The Labute approximate surface area is 204 Å². The summed E-state index contributed by atoms with van der Waals surface area (Å²) in [5, 5.41) is 0.391. The van der Waals surface area contributed by atoms with Gasteiger partial charge < -0.3 is 23.5 Å². The Bertz CT molecular complexity index is 1320. The van der Waals surface area contributed by atoms with Crippen molar-refractivity contribution in [3.63, 3.8) is 0 Å². The van der Waals surface area contributed by atoms with Crippen molar-refractivity contribution in [1.82, 2.24) is 4.90 Å². The second-order valence-corrected chi connectivity index (χ2v) is 8.39. The van der Waals surface area contributed by atoms with Crippen LogP contribution in [-0.2, 0) is 11.2 Å². The predicted octanol–water partition coefficient (Wildman–Crippen LogP) is 4.80. The van der Waals surface area contributed by atoms with Crippen LogP contribution in [0.25, 0.3) is 22.6 Å². The molecule has 184 valence electrons. The number of likely N-dealkylation sites (N-methyl/N-ethyl adjacent to an activating group) is 1. The van der Waals surface area contributed by atoms with Crippen LogP contribution >= 0.6 is 0 Å². The minimum absolute atomic E-state index is 0.111. The Morgan fingerprint density at radius 3 is 2.57 bits per heavy atom. The summed E-state index contributed by atoms with van der Waals surface area (Å²) in [6.07, 6.45) is 3.22. The van der Waals surface area contributed by atoms with E-state index >= 15 is 0 Å². The number of rotatable bonds is 9. The molecule has 35 heavy (non-hydrogen) atoms. The quantitative estimate of drug-likeness (QED) is 0.410. The molecule has 0 fully saturated rings. The molecule has 0 spiro atoms. The lowest BCUT2D eigenvalue weighted by Gasteiger charge is -2.17. The van der Waals surface area contributed by atoms with E-state index in [0.29, 0.717) is 65.3 Å². The van der Waals surface area contributed by atoms with E-state index in [1.54, 1.807) is 32.4 Å². The lowest BCUT2D eigenvalue weighted by atomic mass is 10.1. The van der Waals surface area contributed by atoms with E-state index in [1.165, 1.54) is 0 Å². The molecule has 0 aliphatic heterocycles. The zero-order chi connectivity index (χ0) is 24.9. The van der Waals surface area contributed by atoms with E-state index in [9.17, 15) is 9.59 Å². The molecule has 0 bridgehead atoms. The summed E-state index contributed by atoms with van der Waals surface area (Å²) in [5.74, 6) is 1.57. The molecule has 4 rings (SSSR count). The Hall–Kier alpha value is -3.58. The zero-order valence-corrected chi connectivity index (χ0v) is 20.7. The molecule has 1 aliphatic carbocycles. The Morgan fingerprint density at radius 1 is 1.06 bits per heavy atom. The van der Waals surface area contributed by atoms with E-state index < -0.39 is 5.97 Å². The third kappa shape index (κ3) is 5.10. The molecule has 0 amide bonds. The second-order valence-electron chi connectivity index (χ2n) is 8.39. The van der Waals surface area contributed by atoms with E-state index in [0.717, 1.165) is 24.2 Å². The SMILES string of the molecule is CCN(CC)CCOC(=O)c1ccc2oc3c(c(=O)c2c1)CCC3=Cc1cc(OC)ccc1OC. The molecular weight excluding hydrogens is 446 g/mol. The van der Waals surface area contributed by atoms with Gasteiger partial charge in [-0.25, -0.2) is 4.79 Å². The molecule has 0 N–H and O–H groups in total. The summed E-state index contributed by atoms with van der Waals surface area (Å²) in [7, 11) is 3.23. The standard InChI is InChI=1S/C28H31NO6/c1-5-29(6-2)13-14-34-28(31)19-8-11-25-23(17-19)26(30)22-10-7-18(27(22)35-25)15-20-16-21(32-3)9-12-24(20)33-4/h8-9,11-12,15-17H,5-7,10,13-14H2,1-4H3. The Balaban J connectivity index is 1.63. The van der Waals surface area contributed by atoms with Crippen molar-refractivity contribution in [1.29, 1.82) is 0 Å². The third-order valence-corrected chi connectivity index (χ3v) is 6.46. The molecule has 7 heteroatoms. The van der Waals surface area contributed by atoms with Crippen molar-refractivity contribution < 1.29 is 23.4 Å². The van der Waals surface area contributed by atoms with Gasteiger partial charge in [-0.05, 0) is 74.0 Å². The van der Waals surface area contributed by atoms with Gasteiger partial charge in [-0.2, -0.15) is 0 Å². The molecular formula is C28H31NO6. The van der Waals surface area contributed by atoms with Gasteiger partial charge in [0.05, 0.1) is 25.2 Å². The van der Waals surface area contributed by atoms with Gasteiger partial charge in [0.2, 0.25) is 0 Å². The minimum Gasteiger partial charge on any atom is -0.497 e. The molecule has 0 atom stereocenters. The molecule has 1 aromatic heterocycles. The number of allylic oxidation sites excluding steroid dienone is 1. The zero-order valence-electron chi connectivity index (χ0n) is 20.7. The fraction of sp³-hybridized carbons (Fsp3) is 0.357. The van der Waals surface area contributed by atoms with Crippen LogP contribution < -0.4 is 14.9 Å². The van der Waals surface area contributed by atoms with Crippen LogP contribution in [0.1, 0.15) is 47.5 Å². The van der Waals surface area contributed by atoms with Gasteiger partial charge in [-0.1, -0.05) is 13.8 Å². The van der Waals surface area contributed by atoms with E-state index in [-0.39, 0.29) is 5.43 Å². The molecule has 2 aromatic carbocycles. The van der Waals surface area contributed by atoms with E-state index in [1.807, 2.05) is 24.3 Å². The average molecular weight is 478 g/mol. The topological polar surface area (TPSA) is 78.2 Å². The van der Waals surface area contributed by atoms with Gasteiger partial charge >= 0.3 is 5.97 Å². The van der Waals surface area contributed by atoms with Crippen LogP contribution in [0.2, 0.25) is 0 Å². The van der Waals surface area contributed by atoms with Crippen molar-refractivity contribution in [2.75, 3.05) is 40.5 Å². The summed E-state index contributed by atoms with van der Waals surface area (Å²) >= 11 is 0. The number of esters is 1. The van der Waals surface area contributed by atoms with Crippen molar-refractivity contribution in [3.05, 3.63) is 69.1 Å². The first-order chi connectivity index (χ1) is 17.0. The van der Waals surface area contributed by atoms with Gasteiger partial charge in [0, 0.05) is 17.7 Å². The van der Waals surface area contributed by atoms with Gasteiger partial charge in [0.15, 0.2) is 5.43 Å². The summed E-state index contributed by atoms with van der Waals surface area (Å²) in [4.78, 5) is 28.0. The molecule has 0 radical (unpaired) electrons. The Morgan fingerprint density at radius 2 is 1.86 bits per heavy atom. The number of benzene rings is 2. The maximum atomic E-state index is 13.3. The first kappa shape index (κ1) is 24.5. The lowest BCUT2D eigenvalue weighted by Crippen LogP contribution is -2.27. The normalized spacial score (nSPS) is 13.9.